The fraction of sp³-hybridized carbons (Fsp3) is 0.500. The Morgan fingerprint density at radius 2 is 1.77 bits per heavy atom. The lowest BCUT2D eigenvalue weighted by Gasteiger charge is -2.35. The highest BCUT2D eigenvalue weighted by atomic mass is 16.5. The molecule has 1 aliphatic heterocycles. The third-order valence-corrected chi connectivity index (χ3v) is 7.20. The lowest BCUT2D eigenvalue weighted by atomic mass is 9.95. The fourth-order valence-electron chi connectivity index (χ4n) is 5.57. The molecule has 0 amide bonds. The lowest BCUT2D eigenvalue weighted by Crippen LogP contribution is -2.43. The summed E-state index contributed by atoms with van der Waals surface area (Å²) in [4.78, 5) is 14.2. The van der Waals surface area contributed by atoms with Gasteiger partial charge in [0.2, 0.25) is 0 Å². The number of aliphatic hydroxyl groups is 1. The normalized spacial score (nSPS) is 15.6. The summed E-state index contributed by atoms with van der Waals surface area (Å²) < 4.78 is 7.44. The number of carbonyl (C=O) groups is 1. The Morgan fingerprint density at radius 1 is 1.09 bits per heavy atom. The van der Waals surface area contributed by atoms with E-state index < -0.39 is 5.60 Å². The molecular formula is C30H40N2O3. The summed E-state index contributed by atoms with van der Waals surface area (Å²) in [6.07, 6.45) is 5.35. The number of fused-ring (bicyclic) bond motifs is 1. The summed E-state index contributed by atoms with van der Waals surface area (Å²) in [5, 5.41) is 11.5. The number of esters is 1. The van der Waals surface area contributed by atoms with Crippen molar-refractivity contribution in [2.75, 3.05) is 26.7 Å². The van der Waals surface area contributed by atoms with Gasteiger partial charge in [-0.15, -0.1) is 0 Å². The third kappa shape index (κ3) is 6.14. The van der Waals surface area contributed by atoms with Gasteiger partial charge in [0.25, 0.3) is 0 Å². The molecule has 0 bridgehead atoms. The minimum Gasteiger partial charge on any atom is -0.465 e. The summed E-state index contributed by atoms with van der Waals surface area (Å²) in [5.41, 5.74) is 5.34. The minimum absolute atomic E-state index is 0.298. The molecule has 2 aromatic carbocycles. The number of rotatable bonds is 9. The molecule has 0 aliphatic carbocycles. The van der Waals surface area contributed by atoms with Crippen molar-refractivity contribution in [2.24, 2.45) is 5.92 Å². The molecule has 1 N–H and O–H groups in total. The van der Waals surface area contributed by atoms with Crippen molar-refractivity contribution < 1.29 is 14.6 Å². The molecule has 0 atom stereocenters. The first-order valence-electron chi connectivity index (χ1n) is 13.0. The molecule has 2 heterocycles. The van der Waals surface area contributed by atoms with Crippen LogP contribution in [-0.4, -0.2) is 52.9 Å². The molecule has 3 aromatic rings. The molecule has 1 aliphatic rings. The number of benzene rings is 2. The van der Waals surface area contributed by atoms with Crippen LogP contribution in [0.15, 0.2) is 48.5 Å². The van der Waals surface area contributed by atoms with Crippen LogP contribution in [0.4, 0.5) is 0 Å². The zero-order valence-electron chi connectivity index (χ0n) is 21.7. The standard InChI is InChI=1S/C30H40N2O3/c1-5-8-27-26(19-22-11-13-24(14-12-22)29(33)35-4)25-9-6-7-10-28(25)32(27)20-23-15-17-31(18-16-23)21-30(2,3)34/h6-7,9-14,23,34H,5,8,15-21H2,1-4H3. The topological polar surface area (TPSA) is 54.7 Å². The average Bonchev–Trinajstić information content (AvgIpc) is 3.12. The van der Waals surface area contributed by atoms with Crippen LogP contribution in [0.5, 0.6) is 0 Å². The van der Waals surface area contributed by atoms with Gasteiger partial charge in [0.1, 0.15) is 0 Å². The van der Waals surface area contributed by atoms with Gasteiger partial charge in [-0.05, 0) is 87.9 Å². The van der Waals surface area contributed by atoms with Crippen molar-refractivity contribution in [1.82, 2.24) is 9.47 Å². The van der Waals surface area contributed by atoms with E-state index in [2.05, 4.69) is 40.7 Å². The smallest absolute Gasteiger partial charge is 0.337 e. The van der Waals surface area contributed by atoms with Gasteiger partial charge >= 0.3 is 5.97 Å². The average molecular weight is 477 g/mol. The van der Waals surface area contributed by atoms with Gasteiger partial charge in [-0.1, -0.05) is 43.7 Å². The van der Waals surface area contributed by atoms with Crippen molar-refractivity contribution in [1.29, 1.82) is 0 Å². The quantitative estimate of drug-likeness (QED) is 0.417. The van der Waals surface area contributed by atoms with Crippen LogP contribution in [0.25, 0.3) is 10.9 Å². The Hall–Kier alpha value is -2.63. The van der Waals surface area contributed by atoms with Crippen LogP contribution < -0.4 is 0 Å². The van der Waals surface area contributed by atoms with Gasteiger partial charge in [-0.2, -0.15) is 0 Å². The molecule has 188 valence electrons. The lowest BCUT2D eigenvalue weighted by molar-refractivity contribution is 0.0234. The maximum atomic E-state index is 11.8. The Morgan fingerprint density at radius 3 is 2.40 bits per heavy atom. The molecule has 1 aromatic heterocycles. The second-order valence-electron chi connectivity index (χ2n) is 10.7. The van der Waals surface area contributed by atoms with E-state index in [1.54, 1.807) is 0 Å². The van der Waals surface area contributed by atoms with E-state index in [0.29, 0.717) is 11.5 Å². The second-order valence-corrected chi connectivity index (χ2v) is 10.7. The second kappa shape index (κ2) is 11.0. The first kappa shape index (κ1) is 25.5. The predicted octanol–water partition coefficient (Wildman–Crippen LogP) is 5.45. The molecule has 0 saturated carbocycles. The fourth-order valence-corrected chi connectivity index (χ4v) is 5.57. The van der Waals surface area contributed by atoms with Crippen LogP contribution >= 0.6 is 0 Å². The minimum atomic E-state index is -0.637. The molecule has 5 heteroatoms. The van der Waals surface area contributed by atoms with E-state index >= 15 is 0 Å². The Bertz CT molecular complexity index is 1130. The molecular weight excluding hydrogens is 436 g/mol. The van der Waals surface area contributed by atoms with E-state index in [4.69, 9.17) is 4.74 Å². The van der Waals surface area contributed by atoms with Gasteiger partial charge in [0.15, 0.2) is 0 Å². The van der Waals surface area contributed by atoms with Crippen molar-refractivity contribution in [3.8, 4) is 0 Å². The van der Waals surface area contributed by atoms with E-state index in [9.17, 15) is 9.90 Å². The summed E-state index contributed by atoms with van der Waals surface area (Å²) in [7, 11) is 1.42. The highest BCUT2D eigenvalue weighted by molar-refractivity contribution is 5.89. The van der Waals surface area contributed by atoms with Crippen LogP contribution in [0, 0.1) is 5.92 Å². The number of likely N-dealkylation sites (tertiary alicyclic amines) is 1. The Kier molecular flexibility index (Phi) is 7.98. The number of aromatic nitrogens is 1. The maximum Gasteiger partial charge on any atom is 0.337 e. The number of β-amino-alcohol motifs (C(OH)–C–C–N with tert-alkyl or cyclic N) is 1. The third-order valence-electron chi connectivity index (χ3n) is 7.20. The molecule has 0 radical (unpaired) electrons. The molecule has 5 nitrogen and oxygen atoms in total. The first-order chi connectivity index (χ1) is 16.8. The van der Waals surface area contributed by atoms with Crippen molar-refractivity contribution in [3.63, 3.8) is 0 Å². The van der Waals surface area contributed by atoms with Gasteiger partial charge < -0.3 is 19.3 Å². The number of hydrogen-bond acceptors (Lipinski definition) is 4. The van der Waals surface area contributed by atoms with Crippen molar-refractivity contribution in [3.05, 3.63) is 70.9 Å². The summed E-state index contributed by atoms with van der Waals surface area (Å²) >= 11 is 0. The van der Waals surface area contributed by atoms with Gasteiger partial charge in [-0.3, -0.25) is 0 Å². The zero-order chi connectivity index (χ0) is 25.0. The summed E-state index contributed by atoms with van der Waals surface area (Å²) in [5.74, 6) is 0.347. The van der Waals surface area contributed by atoms with Crippen LogP contribution in [0.3, 0.4) is 0 Å². The zero-order valence-corrected chi connectivity index (χ0v) is 21.7. The number of methoxy groups -OCH3 is 1. The molecule has 0 spiro atoms. The predicted molar refractivity (Wildman–Crippen MR) is 142 cm³/mol. The SMILES string of the molecule is CCCc1c(Cc2ccc(C(=O)OC)cc2)c2ccccc2n1CC1CCN(CC(C)(C)O)CC1. The van der Waals surface area contributed by atoms with Gasteiger partial charge in [-0.25, -0.2) is 4.79 Å². The molecule has 1 fully saturated rings. The molecule has 35 heavy (non-hydrogen) atoms. The number of ether oxygens (including phenoxy) is 1. The van der Waals surface area contributed by atoms with Crippen LogP contribution in [-0.2, 0) is 24.1 Å². The number of nitrogens with zero attached hydrogens (tertiary/aromatic N) is 2. The van der Waals surface area contributed by atoms with Crippen molar-refractivity contribution >= 4 is 16.9 Å². The Labute approximate surface area is 209 Å². The highest BCUT2D eigenvalue weighted by Crippen LogP contribution is 2.32. The molecule has 4 rings (SSSR count). The summed E-state index contributed by atoms with van der Waals surface area (Å²) in [6, 6.07) is 16.6. The molecule has 0 unspecified atom stereocenters. The van der Waals surface area contributed by atoms with Gasteiger partial charge in [0.05, 0.1) is 18.3 Å². The van der Waals surface area contributed by atoms with Gasteiger partial charge in [0, 0.05) is 29.7 Å². The monoisotopic (exact) mass is 476 g/mol. The van der Waals surface area contributed by atoms with E-state index in [0.717, 1.165) is 45.4 Å². The van der Waals surface area contributed by atoms with Crippen LogP contribution in [0.1, 0.15) is 67.2 Å². The van der Waals surface area contributed by atoms with E-state index in [1.807, 2.05) is 38.1 Å². The van der Waals surface area contributed by atoms with Crippen molar-refractivity contribution in [2.45, 2.75) is 65.0 Å². The van der Waals surface area contributed by atoms with E-state index in [-0.39, 0.29) is 5.97 Å². The summed E-state index contributed by atoms with van der Waals surface area (Å²) in [6.45, 7) is 9.94. The highest BCUT2D eigenvalue weighted by Gasteiger charge is 2.26. The first-order valence-corrected chi connectivity index (χ1v) is 13.0. The number of para-hydroxylation sites is 1. The Balaban J connectivity index is 1.59. The number of hydrogen-bond donors (Lipinski definition) is 1. The van der Waals surface area contributed by atoms with Crippen LogP contribution in [0.2, 0.25) is 0 Å². The largest absolute Gasteiger partial charge is 0.465 e. The molecule has 1 saturated heterocycles. The number of carbonyl (C=O) groups excluding carboxylic acids is 1. The maximum absolute atomic E-state index is 11.8. The van der Waals surface area contributed by atoms with E-state index in [1.165, 1.54) is 47.7 Å². The number of piperidine rings is 1.